The van der Waals surface area contributed by atoms with Crippen molar-refractivity contribution in [2.24, 2.45) is 0 Å². The molecule has 0 N–H and O–H groups in total. The standard InChI is InChI=1S/C48H34N4/c1-48(2)40-23-13-12-21-36(40)37-27-25-34(30-41(37)48)33-26-28-42-39(29-33)44-38(22-14-24-43(44)52(42)35-19-10-5-11-20-35)47-50-45(31-15-6-3-7-16-31)49-46(51-47)32-17-8-4-9-18-32/h3-30H,1-2H3. The van der Waals surface area contributed by atoms with Crippen LogP contribution < -0.4 is 0 Å². The third-order valence-electron chi connectivity index (χ3n) is 10.7. The Morgan fingerprint density at radius 2 is 0.962 bits per heavy atom. The van der Waals surface area contributed by atoms with E-state index in [-0.39, 0.29) is 5.41 Å². The molecule has 0 saturated carbocycles. The number of nitrogens with zero attached hydrogens (tertiary/aromatic N) is 4. The van der Waals surface area contributed by atoms with Crippen LogP contribution in [0.25, 0.3) is 83.9 Å². The number of aromatic nitrogens is 4. The van der Waals surface area contributed by atoms with Crippen molar-refractivity contribution in [3.8, 4) is 62.1 Å². The lowest BCUT2D eigenvalue weighted by Crippen LogP contribution is -2.14. The van der Waals surface area contributed by atoms with Crippen molar-refractivity contribution < 1.29 is 0 Å². The van der Waals surface area contributed by atoms with E-state index in [1.807, 2.05) is 36.4 Å². The van der Waals surface area contributed by atoms with Crippen LogP contribution >= 0.6 is 0 Å². The summed E-state index contributed by atoms with van der Waals surface area (Å²) in [5.41, 5.74) is 13.9. The fourth-order valence-electron chi connectivity index (χ4n) is 8.10. The first kappa shape index (κ1) is 30.2. The van der Waals surface area contributed by atoms with Crippen LogP contribution in [0.5, 0.6) is 0 Å². The van der Waals surface area contributed by atoms with Gasteiger partial charge in [-0.2, -0.15) is 0 Å². The van der Waals surface area contributed by atoms with Gasteiger partial charge in [-0.05, 0) is 69.8 Å². The fraction of sp³-hybridized carbons (Fsp3) is 0.0625. The highest BCUT2D eigenvalue weighted by molar-refractivity contribution is 6.16. The average molecular weight is 667 g/mol. The van der Waals surface area contributed by atoms with Crippen LogP contribution in [-0.4, -0.2) is 19.5 Å². The predicted octanol–water partition coefficient (Wildman–Crippen LogP) is 11.9. The molecule has 4 heteroatoms. The van der Waals surface area contributed by atoms with Gasteiger partial charge in [-0.3, -0.25) is 0 Å². The lowest BCUT2D eigenvalue weighted by Gasteiger charge is -2.22. The summed E-state index contributed by atoms with van der Waals surface area (Å²) in [5, 5.41) is 2.26. The summed E-state index contributed by atoms with van der Waals surface area (Å²) in [6.45, 7) is 4.68. The van der Waals surface area contributed by atoms with Gasteiger partial charge in [0.1, 0.15) is 0 Å². The first-order valence-electron chi connectivity index (χ1n) is 17.8. The van der Waals surface area contributed by atoms with Gasteiger partial charge in [0.05, 0.1) is 11.0 Å². The summed E-state index contributed by atoms with van der Waals surface area (Å²) in [6.07, 6.45) is 0. The Morgan fingerprint density at radius 3 is 1.67 bits per heavy atom. The molecule has 0 unspecified atom stereocenters. The zero-order valence-corrected chi connectivity index (χ0v) is 29.0. The van der Waals surface area contributed by atoms with Gasteiger partial charge in [0, 0.05) is 38.6 Å². The van der Waals surface area contributed by atoms with Gasteiger partial charge in [-0.15, -0.1) is 0 Å². The second-order valence-electron chi connectivity index (χ2n) is 14.1. The molecule has 1 aliphatic rings. The van der Waals surface area contributed by atoms with Crippen LogP contribution in [0.4, 0.5) is 0 Å². The maximum atomic E-state index is 5.16. The molecule has 0 radical (unpaired) electrons. The summed E-state index contributed by atoms with van der Waals surface area (Å²) in [5.74, 6) is 1.94. The topological polar surface area (TPSA) is 43.6 Å². The van der Waals surface area contributed by atoms with Crippen molar-refractivity contribution in [3.63, 3.8) is 0 Å². The molecule has 2 aromatic heterocycles. The summed E-state index contributed by atoms with van der Waals surface area (Å²) in [7, 11) is 0. The van der Waals surface area contributed by atoms with Crippen molar-refractivity contribution in [3.05, 3.63) is 181 Å². The fourth-order valence-corrected chi connectivity index (χ4v) is 8.10. The minimum absolute atomic E-state index is 0.0753. The van der Waals surface area contributed by atoms with E-state index in [2.05, 4.69) is 152 Å². The van der Waals surface area contributed by atoms with E-state index in [1.165, 1.54) is 33.4 Å². The third-order valence-corrected chi connectivity index (χ3v) is 10.7. The Labute approximate surface area is 302 Å². The Kier molecular flexibility index (Phi) is 6.80. The van der Waals surface area contributed by atoms with E-state index >= 15 is 0 Å². The van der Waals surface area contributed by atoms with Gasteiger partial charge >= 0.3 is 0 Å². The second kappa shape index (κ2) is 11.7. The third kappa shape index (κ3) is 4.72. The molecule has 0 spiro atoms. The molecule has 9 aromatic rings. The molecule has 0 saturated heterocycles. The Morgan fingerprint density at radius 1 is 0.404 bits per heavy atom. The van der Waals surface area contributed by atoms with Gasteiger partial charge in [-0.25, -0.2) is 15.0 Å². The molecule has 0 aliphatic heterocycles. The van der Waals surface area contributed by atoms with Crippen molar-refractivity contribution >= 4 is 21.8 Å². The maximum absolute atomic E-state index is 5.16. The molecule has 7 aromatic carbocycles. The SMILES string of the molecule is CC1(C)c2ccccc2-c2ccc(-c3ccc4c(c3)c3c(-c5nc(-c6ccccc6)nc(-c6ccccc6)n5)cccc3n4-c3ccccc3)cc21. The first-order chi connectivity index (χ1) is 25.5. The highest BCUT2D eigenvalue weighted by atomic mass is 15.0. The molecule has 246 valence electrons. The first-order valence-corrected chi connectivity index (χ1v) is 17.8. The molecular weight excluding hydrogens is 633 g/mol. The summed E-state index contributed by atoms with van der Waals surface area (Å²) >= 11 is 0. The minimum Gasteiger partial charge on any atom is -0.309 e. The Balaban J connectivity index is 1.23. The van der Waals surface area contributed by atoms with Gasteiger partial charge in [0.15, 0.2) is 17.5 Å². The molecule has 10 rings (SSSR count). The molecule has 0 bridgehead atoms. The van der Waals surface area contributed by atoms with E-state index in [1.54, 1.807) is 0 Å². The van der Waals surface area contributed by atoms with E-state index in [4.69, 9.17) is 15.0 Å². The minimum atomic E-state index is -0.0753. The van der Waals surface area contributed by atoms with Crippen LogP contribution in [0.2, 0.25) is 0 Å². The average Bonchev–Trinajstić information content (AvgIpc) is 3.66. The number of hydrogen-bond acceptors (Lipinski definition) is 3. The number of para-hydroxylation sites is 1. The van der Waals surface area contributed by atoms with Crippen LogP contribution in [0.1, 0.15) is 25.0 Å². The monoisotopic (exact) mass is 666 g/mol. The van der Waals surface area contributed by atoms with Crippen molar-refractivity contribution in [2.75, 3.05) is 0 Å². The highest BCUT2D eigenvalue weighted by Crippen LogP contribution is 2.50. The van der Waals surface area contributed by atoms with Gasteiger partial charge < -0.3 is 4.57 Å². The van der Waals surface area contributed by atoms with Crippen LogP contribution in [0.15, 0.2) is 170 Å². The maximum Gasteiger partial charge on any atom is 0.164 e. The second-order valence-corrected chi connectivity index (χ2v) is 14.1. The molecule has 1 aliphatic carbocycles. The number of rotatable bonds is 5. The summed E-state index contributed by atoms with van der Waals surface area (Å²) < 4.78 is 2.36. The van der Waals surface area contributed by atoms with E-state index in [0.717, 1.165) is 44.2 Å². The molecule has 0 amide bonds. The van der Waals surface area contributed by atoms with Gasteiger partial charge in [0.2, 0.25) is 0 Å². The molecular formula is C48H34N4. The van der Waals surface area contributed by atoms with Crippen LogP contribution in [0.3, 0.4) is 0 Å². The van der Waals surface area contributed by atoms with Crippen molar-refractivity contribution in [1.29, 1.82) is 0 Å². The quantitative estimate of drug-likeness (QED) is 0.184. The van der Waals surface area contributed by atoms with E-state index in [9.17, 15) is 0 Å². The lowest BCUT2D eigenvalue weighted by molar-refractivity contribution is 0.660. The zero-order valence-electron chi connectivity index (χ0n) is 29.0. The lowest BCUT2D eigenvalue weighted by atomic mass is 9.81. The molecule has 0 atom stereocenters. The molecule has 0 fully saturated rings. The Bertz CT molecular complexity index is 2740. The molecule has 52 heavy (non-hydrogen) atoms. The van der Waals surface area contributed by atoms with Crippen LogP contribution in [0, 0.1) is 0 Å². The predicted molar refractivity (Wildman–Crippen MR) is 213 cm³/mol. The van der Waals surface area contributed by atoms with E-state index < -0.39 is 0 Å². The van der Waals surface area contributed by atoms with Gasteiger partial charge in [0.25, 0.3) is 0 Å². The molecule has 4 nitrogen and oxygen atoms in total. The Hall–Kier alpha value is -6.65. The summed E-state index contributed by atoms with van der Waals surface area (Å²) in [4.78, 5) is 15.3. The zero-order chi connectivity index (χ0) is 34.8. The summed E-state index contributed by atoms with van der Waals surface area (Å²) in [6, 6.07) is 60.1. The smallest absolute Gasteiger partial charge is 0.164 e. The van der Waals surface area contributed by atoms with Crippen molar-refractivity contribution in [1.82, 2.24) is 19.5 Å². The van der Waals surface area contributed by atoms with Gasteiger partial charge in [-0.1, -0.05) is 147 Å². The normalized spacial score (nSPS) is 13.0. The molecule has 2 heterocycles. The number of benzene rings is 7. The van der Waals surface area contributed by atoms with E-state index in [0.29, 0.717) is 17.5 Å². The van der Waals surface area contributed by atoms with Crippen molar-refractivity contribution in [2.45, 2.75) is 19.3 Å². The number of hydrogen-bond donors (Lipinski definition) is 0. The number of fused-ring (bicyclic) bond motifs is 6. The van der Waals surface area contributed by atoms with Crippen LogP contribution in [-0.2, 0) is 5.41 Å². The highest BCUT2D eigenvalue weighted by Gasteiger charge is 2.35. The largest absolute Gasteiger partial charge is 0.309 e.